The molecular weight excluding hydrogens is 316 g/mol. The maximum atomic E-state index is 12.2. The van der Waals surface area contributed by atoms with Crippen LogP contribution in [0.5, 0.6) is 0 Å². The first-order valence-corrected chi connectivity index (χ1v) is 8.47. The Morgan fingerprint density at radius 3 is 2.60 bits per heavy atom. The molecule has 4 rings (SSSR count). The van der Waals surface area contributed by atoms with Crippen molar-refractivity contribution >= 4 is 33.5 Å². The Hall–Kier alpha value is -2.88. The van der Waals surface area contributed by atoms with Crippen LogP contribution < -0.4 is 0 Å². The fourth-order valence-corrected chi connectivity index (χ4v) is 3.27. The summed E-state index contributed by atoms with van der Waals surface area (Å²) in [4.78, 5) is 23.5. The van der Waals surface area contributed by atoms with Gasteiger partial charge in [-0.2, -0.15) is 0 Å². The molecule has 126 valence electrons. The molecule has 0 N–H and O–H groups in total. The average molecular weight is 334 g/mol. The molecule has 1 heterocycles. The Labute approximate surface area is 145 Å². The zero-order valence-electron chi connectivity index (χ0n) is 13.7. The van der Waals surface area contributed by atoms with Crippen LogP contribution in [0.2, 0.25) is 0 Å². The molecule has 3 aromatic rings. The van der Waals surface area contributed by atoms with E-state index in [2.05, 4.69) is 30.3 Å². The van der Waals surface area contributed by atoms with Crippen LogP contribution in [-0.2, 0) is 25.7 Å². The van der Waals surface area contributed by atoms with Crippen molar-refractivity contribution in [1.29, 1.82) is 0 Å². The summed E-state index contributed by atoms with van der Waals surface area (Å²) < 4.78 is 10.5. The van der Waals surface area contributed by atoms with E-state index in [0.717, 1.165) is 21.7 Å². The minimum atomic E-state index is -0.767. The number of hydrogen-bond acceptors (Lipinski definition) is 4. The topological polar surface area (TPSA) is 52.6 Å². The van der Waals surface area contributed by atoms with E-state index < -0.39 is 12.1 Å². The van der Waals surface area contributed by atoms with E-state index >= 15 is 0 Å². The fourth-order valence-electron chi connectivity index (χ4n) is 3.27. The van der Waals surface area contributed by atoms with Crippen LogP contribution in [0.15, 0.2) is 54.6 Å². The molecule has 0 saturated carbocycles. The molecule has 4 nitrogen and oxygen atoms in total. The Morgan fingerprint density at radius 1 is 1.04 bits per heavy atom. The number of cyclic esters (lactones) is 1. The zero-order valence-corrected chi connectivity index (χ0v) is 13.7. The molecule has 0 aromatic heterocycles. The van der Waals surface area contributed by atoms with Gasteiger partial charge in [0.15, 0.2) is 6.10 Å². The third-order valence-corrected chi connectivity index (χ3v) is 4.59. The van der Waals surface area contributed by atoms with E-state index in [1.54, 1.807) is 0 Å². The van der Waals surface area contributed by atoms with Crippen LogP contribution in [0.3, 0.4) is 0 Å². The molecule has 1 saturated heterocycles. The summed E-state index contributed by atoms with van der Waals surface area (Å²) in [6.45, 7) is 0.169. The van der Waals surface area contributed by atoms with Crippen LogP contribution in [0.4, 0.5) is 0 Å². The summed E-state index contributed by atoms with van der Waals surface area (Å²) in [5, 5.41) is 4.50. The minimum absolute atomic E-state index is 0.169. The summed E-state index contributed by atoms with van der Waals surface area (Å²) in [5.41, 5.74) is 0.943. The molecule has 1 aliphatic rings. The predicted molar refractivity (Wildman–Crippen MR) is 95.0 cm³/mol. The molecule has 0 aliphatic carbocycles. The molecule has 0 amide bonds. The monoisotopic (exact) mass is 334 g/mol. The van der Waals surface area contributed by atoms with Gasteiger partial charge in [-0.15, -0.1) is 0 Å². The number of rotatable bonds is 3. The molecule has 1 aliphatic heterocycles. The largest absolute Gasteiger partial charge is 0.458 e. The molecular formula is C21H18O4. The molecule has 0 spiro atoms. The van der Waals surface area contributed by atoms with E-state index in [9.17, 15) is 9.59 Å². The van der Waals surface area contributed by atoms with Gasteiger partial charge in [-0.25, -0.2) is 4.79 Å². The van der Waals surface area contributed by atoms with Crippen molar-refractivity contribution in [2.24, 2.45) is 0 Å². The smallest absolute Gasteiger partial charge is 0.347 e. The predicted octanol–water partition coefficient (Wildman–Crippen LogP) is 4.13. The van der Waals surface area contributed by atoms with Gasteiger partial charge < -0.3 is 9.47 Å². The first kappa shape index (κ1) is 15.6. The second-order valence-electron chi connectivity index (χ2n) is 6.32. The number of hydrogen-bond donors (Lipinski definition) is 0. The molecule has 1 fully saturated rings. The third kappa shape index (κ3) is 3.20. The minimum Gasteiger partial charge on any atom is -0.458 e. The van der Waals surface area contributed by atoms with Crippen molar-refractivity contribution < 1.29 is 19.1 Å². The summed E-state index contributed by atoms with van der Waals surface area (Å²) >= 11 is 0. The van der Waals surface area contributed by atoms with Gasteiger partial charge in [-0.3, -0.25) is 4.79 Å². The number of carbonyl (C=O) groups excluding carboxylic acids is 2. The maximum Gasteiger partial charge on any atom is 0.347 e. The SMILES string of the molecule is O=C1CCCC(C(=O)OCc2cccc3cc4ccccc4cc23)O1. The molecule has 0 bridgehead atoms. The van der Waals surface area contributed by atoms with E-state index in [4.69, 9.17) is 9.47 Å². The summed E-state index contributed by atoms with van der Waals surface area (Å²) in [5.74, 6) is -0.796. The van der Waals surface area contributed by atoms with Crippen LogP contribution in [0, 0.1) is 0 Å². The van der Waals surface area contributed by atoms with Crippen molar-refractivity contribution in [1.82, 2.24) is 0 Å². The van der Waals surface area contributed by atoms with Gasteiger partial charge in [0.2, 0.25) is 0 Å². The van der Waals surface area contributed by atoms with Crippen LogP contribution in [-0.4, -0.2) is 18.0 Å². The van der Waals surface area contributed by atoms with Crippen molar-refractivity contribution in [2.75, 3.05) is 0 Å². The molecule has 1 atom stereocenters. The van der Waals surface area contributed by atoms with Gasteiger partial charge in [0, 0.05) is 6.42 Å². The highest BCUT2D eigenvalue weighted by atomic mass is 16.6. The Morgan fingerprint density at radius 2 is 1.80 bits per heavy atom. The Kier molecular flexibility index (Phi) is 4.10. The van der Waals surface area contributed by atoms with Crippen LogP contribution in [0.1, 0.15) is 24.8 Å². The highest BCUT2D eigenvalue weighted by Crippen LogP contribution is 2.26. The number of benzene rings is 3. The van der Waals surface area contributed by atoms with Crippen molar-refractivity contribution in [3.63, 3.8) is 0 Å². The molecule has 1 unspecified atom stereocenters. The summed E-state index contributed by atoms with van der Waals surface area (Å²) in [6, 6.07) is 18.4. The third-order valence-electron chi connectivity index (χ3n) is 4.59. The summed E-state index contributed by atoms with van der Waals surface area (Å²) in [6.07, 6.45) is 0.807. The van der Waals surface area contributed by atoms with Crippen LogP contribution in [0.25, 0.3) is 21.5 Å². The maximum absolute atomic E-state index is 12.2. The quantitative estimate of drug-likeness (QED) is 0.534. The van der Waals surface area contributed by atoms with E-state index in [1.165, 1.54) is 5.39 Å². The summed E-state index contributed by atoms with van der Waals surface area (Å²) in [7, 11) is 0. The van der Waals surface area contributed by atoms with E-state index in [0.29, 0.717) is 19.3 Å². The van der Waals surface area contributed by atoms with E-state index in [1.807, 2.05) is 24.3 Å². The highest BCUT2D eigenvalue weighted by molar-refractivity contribution is 5.99. The van der Waals surface area contributed by atoms with Gasteiger partial charge >= 0.3 is 11.9 Å². The Balaban J connectivity index is 1.57. The molecule has 4 heteroatoms. The first-order valence-electron chi connectivity index (χ1n) is 8.47. The molecule has 3 aromatic carbocycles. The van der Waals surface area contributed by atoms with Gasteiger partial charge in [0.05, 0.1) is 0 Å². The normalized spacial score (nSPS) is 17.4. The number of esters is 2. The fraction of sp³-hybridized carbons (Fsp3) is 0.238. The number of fused-ring (bicyclic) bond motifs is 2. The van der Waals surface area contributed by atoms with Gasteiger partial charge in [-0.1, -0.05) is 42.5 Å². The second-order valence-corrected chi connectivity index (χ2v) is 6.32. The molecule has 0 radical (unpaired) electrons. The van der Waals surface area contributed by atoms with Gasteiger partial charge in [0.25, 0.3) is 0 Å². The lowest BCUT2D eigenvalue weighted by Crippen LogP contribution is -2.32. The lowest BCUT2D eigenvalue weighted by Gasteiger charge is -2.20. The van der Waals surface area contributed by atoms with Gasteiger partial charge in [0.1, 0.15) is 6.61 Å². The second kappa shape index (κ2) is 6.55. The van der Waals surface area contributed by atoms with Crippen molar-refractivity contribution in [3.8, 4) is 0 Å². The van der Waals surface area contributed by atoms with E-state index in [-0.39, 0.29) is 12.6 Å². The first-order chi connectivity index (χ1) is 12.2. The number of ether oxygens (including phenoxy) is 2. The standard InChI is InChI=1S/C21H18O4/c22-20-10-4-9-19(25-20)21(23)24-13-17-8-3-7-16-11-14-5-1-2-6-15(14)12-18(16)17/h1-3,5-8,11-12,19H,4,9-10,13H2. The van der Waals surface area contributed by atoms with Crippen LogP contribution >= 0.6 is 0 Å². The zero-order chi connectivity index (χ0) is 17.2. The lowest BCUT2D eigenvalue weighted by molar-refractivity contribution is -0.172. The van der Waals surface area contributed by atoms with Crippen molar-refractivity contribution in [3.05, 3.63) is 60.2 Å². The average Bonchev–Trinajstić information content (AvgIpc) is 2.64. The lowest BCUT2D eigenvalue weighted by atomic mass is 10.00. The Bertz CT molecular complexity index is 960. The van der Waals surface area contributed by atoms with Gasteiger partial charge in [-0.05, 0) is 52.1 Å². The van der Waals surface area contributed by atoms with Crippen molar-refractivity contribution in [2.45, 2.75) is 32.0 Å². The molecule has 25 heavy (non-hydrogen) atoms. The number of carbonyl (C=O) groups is 2. The highest BCUT2D eigenvalue weighted by Gasteiger charge is 2.28.